The van der Waals surface area contributed by atoms with Crippen LogP contribution in [0.5, 0.6) is 0 Å². The van der Waals surface area contributed by atoms with E-state index < -0.39 is 0 Å². The number of hydrogen-bond acceptors (Lipinski definition) is 2. The highest BCUT2D eigenvalue weighted by molar-refractivity contribution is 6.30. The summed E-state index contributed by atoms with van der Waals surface area (Å²) in [6, 6.07) is 7.35. The summed E-state index contributed by atoms with van der Waals surface area (Å²) in [6.07, 6.45) is 1.70. The summed E-state index contributed by atoms with van der Waals surface area (Å²) in [4.78, 5) is 11.9. The Balaban J connectivity index is 2.47. The quantitative estimate of drug-likeness (QED) is 0.886. The molecule has 3 heteroatoms. The Morgan fingerprint density at radius 2 is 2.06 bits per heavy atom. The van der Waals surface area contributed by atoms with E-state index in [2.05, 4.69) is 20.8 Å². The molecule has 0 saturated heterocycles. The number of ketones is 1. The summed E-state index contributed by atoms with van der Waals surface area (Å²) >= 11 is 5.89. The minimum atomic E-state index is -0.0586. The summed E-state index contributed by atoms with van der Waals surface area (Å²) in [5.41, 5.74) is 7.11. The van der Waals surface area contributed by atoms with Crippen molar-refractivity contribution >= 4 is 17.4 Å². The number of carbonyl (C=O) groups is 1. The van der Waals surface area contributed by atoms with Crippen molar-refractivity contribution in [1.29, 1.82) is 0 Å². The largest absolute Gasteiger partial charge is 0.327 e. The number of Topliss-reactive ketones (excluding diaryl/α,β-unsaturated/α-hetero) is 1. The summed E-state index contributed by atoms with van der Waals surface area (Å²) < 4.78 is 0. The van der Waals surface area contributed by atoms with Crippen LogP contribution in [0.3, 0.4) is 0 Å². The van der Waals surface area contributed by atoms with Crippen LogP contribution in [-0.2, 0) is 11.2 Å². The molecular formula is C15H22ClNO. The van der Waals surface area contributed by atoms with Gasteiger partial charge in [-0.15, -0.1) is 0 Å². The summed E-state index contributed by atoms with van der Waals surface area (Å²) in [7, 11) is 0. The second-order valence-corrected chi connectivity index (χ2v) is 6.51. The van der Waals surface area contributed by atoms with Gasteiger partial charge in [0, 0.05) is 23.9 Å². The first-order valence-corrected chi connectivity index (χ1v) is 6.66. The molecule has 2 nitrogen and oxygen atoms in total. The fraction of sp³-hybridized carbons (Fsp3) is 0.533. The highest BCUT2D eigenvalue weighted by Gasteiger charge is 2.18. The normalized spacial score (nSPS) is 13.4. The van der Waals surface area contributed by atoms with E-state index in [1.54, 1.807) is 6.07 Å². The van der Waals surface area contributed by atoms with Gasteiger partial charge in [0.15, 0.2) is 0 Å². The fourth-order valence-corrected chi connectivity index (χ4v) is 2.31. The van der Waals surface area contributed by atoms with Crippen molar-refractivity contribution in [2.24, 2.45) is 11.1 Å². The molecule has 1 atom stereocenters. The number of benzene rings is 1. The first-order chi connectivity index (χ1) is 8.26. The monoisotopic (exact) mass is 267 g/mol. The maximum absolute atomic E-state index is 11.9. The third-order valence-corrected chi connectivity index (χ3v) is 2.89. The van der Waals surface area contributed by atoms with Gasteiger partial charge in [0.05, 0.1) is 0 Å². The zero-order valence-electron chi connectivity index (χ0n) is 11.4. The molecule has 0 spiro atoms. The molecule has 0 amide bonds. The summed E-state index contributed by atoms with van der Waals surface area (Å²) in [5, 5.41) is 0.666. The molecule has 0 fully saturated rings. The molecule has 0 aliphatic carbocycles. The van der Waals surface area contributed by atoms with Crippen molar-refractivity contribution in [3.05, 3.63) is 34.9 Å². The molecule has 0 saturated carbocycles. The van der Waals surface area contributed by atoms with Gasteiger partial charge in [-0.1, -0.05) is 44.5 Å². The van der Waals surface area contributed by atoms with Gasteiger partial charge in [-0.25, -0.2) is 0 Å². The average molecular weight is 268 g/mol. The van der Waals surface area contributed by atoms with Gasteiger partial charge in [0.2, 0.25) is 0 Å². The highest BCUT2D eigenvalue weighted by atomic mass is 35.5. The van der Waals surface area contributed by atoms with E-state index in [9.17, 15) is 4.79 Å². The van der Waals surface area contributed by atoms with E-state index in [4.69, 9.17) is 17.3 Å². The second-order valence-electron chi connectivity index (χ2n) is 6.07. The molecule has 0 aliphatic rings. The van der Waals surface area contributed by atoms with Crippen LogP contribution in [0.1, 0.15) is 39.2 Å². The Hall–Kier alpha value is -0.860. The third kappa shape index (κ3) is 6.18. The smallest absolute Gasteiger partial charge is 0.138 e. The molecule has 0 heterocycles. The summed E-state index contributed by atoms with van der Waals surface area (Å²) in [6.45, 7) is 6.40. The Morgan fingerprint density at radius 1 is 1.39 bits per heavy atom. The van der Waals surface area contributed by atoms with Crippen LogP contribution >= 0.6 is 11.6 Å². The number of rotatable bonds is 5. The zero-order valence-corrected chi connectivity index (χ0v) is 12.1. The Morgan fingerprint density at radius 3 is 2.61 bits per heavy atom. The topological polar surface area (TPSA) is 43.1 Å². The summed E-state index contributed by atoms with van der Waals surface area (Å²) in [5.74, 6) is 0.175. The molecule has 18 heavy (non-hydrogen) atoms. The number of halogens is 1. The van der Waals surface area contributed by atoms with Gasteiger partial charge in [-0.2, -0.15) is 0 Å². The lowest BCUT2D eigenvalue weighted by molar-refractivity contribution is -0.118. The van der Waals surface area contributed by atoms with Crippen LogP contribution in [0.4, 0.5) is 0 Å². The Kier molecular flexibility index (Phi) is 5.36. The molecule has 1 unspecified atom stereocenters. The van der Waals surface area contributed by atoms with E-state index in [1.165, 1.54) is 0 Å². The lowest BCUT2D eigenvalue weighted by Crippen LogP contribution is -2.29. The number of hydrogen-bond donors (Lipinski definition) is 1. The van der Waals surface area contributed by atoms with Crippen LogP contribution in [-0.4, -0.2) is 11.8 Å². The van der Waals surface area contributed by atoms with Gasteiger partial charge in [0.1, 0.15) is 5.78 Å². The van der Waals surface area contributed by atoms with Crippen molar-refractivity contribution in [1.82, 2.24) is 0 Å². The molecule has 1 aromatic rings. The van der Waals surface area contributed by atoms with Crippen molar-refractivity contribution in [2.45, 2.75) is 46.1 Å². The predicted molar refractivity (Wildman–Crippen MR) is 76.8 cm³/mol. The van der Waals surface area contributed by atoms with Gasteiger partial charge in [-0.3, -0.25) is 4.79 Å². The number of nitrogens with two attached hydrogens (primary N) is 1. The van der Waals surface area contributed by atoms with Crippen LogP contribution in [0.15, 0.2) is 24.3 Å². The van der Waals surface area contributed by atoms with E-state index in [0.29, 0.717) is 17.9 Å². The predicted octanol–water partition coefficient (Wildman–Crippen LogP) is 3.61. The van der Waals surface area contributed by atoms with E-state index in [0.717, 1.165) is 12.0 Å². The van der Waals surface area contributed by atoms with Gasteiger partial charge in [-0.05, 0) is 29.5 Å². The molecule has 100 valence electrons. The first kappa shape index (κ1) is 15.2. The lowest BCUT2D eigenvalue weighted by Gasteiger charge is -2.22. The van der Waals surface area contributed by atoms with Gasteiger partial charge in [0.25, 0.3) is 0 Å². The van der Waals surface area contributed by atoms with Crippen LogP contribution < -0.4 is 5.73 Å². The third-order valence-electron chi connectivity index (χ3n) is 2.65. The van der Waals surface area contributed by atoms with E-state index >= 15 is 0 Å². The molecule has 0 aromatic heterocycles. The lowest BCUT2D eigenvalue weighted by atomic mass is 9.86. The van der Waals surface area contributed by atoms with E-state index in [-0.39, 0.29) is 17.2 Å². The molecule has 0 radical (unpaired) electrons. The average Bonchev–Trinajstić information content (AvgIpc) is 2.13. The van der Waals surface area contributed by atoms with Crippen LogP contribution in [0.25, 0.3) is 0 Å². The number of carbonyl (C=O) groups excluding carboxylic acids is 1. The molecule has 1 aromatic carbocycles. The van der Waals surface area contributed by atoms with Crippen molar-refractivity contribution in [3.8, 4) is 0 Å². The molecule has 0 bridgehead atoms. The van der Waals surface area contributed by atoms with Crippen LogP contribution in [0, 0.1) is 5.41 Å². The Labute approximate surface area is 115 Å². The van der Waals surface area contributed by atoms with Gasteiger partial charge < -0.3 is 5.73 Å². The maximum Gasteiger partial charge on any atom is 0.138 e. The molecular weight excluding hydrogens is 246 g/mol. The molecule has 0 aliphatic heterocycles. The van der Waals surface area contributed by atoms with Crippen LogP contribution in [0.2, 0.25) is 5.02 Å². The zero-order chi connectivity index (χ0) is 13.8. The molecule has 2 N–H and O–H groups in total. The van der Waals surface area contributed by atoms with E-state index in [1.807, 2.05) is 18.2 Å². The van der Waals surface area contributed by atoms with Gasteiger partial charge >= 0.3 is 0 Å². The fourth-order valence-electron chi connectivity index (χ4n) is 2.10. The SMILES string of the molecule is CC(C)(C)CC(N)CC(=O)Cc1cccc(Cl)c1. The Bertz CT molecular complexity index is 409. The minimum Gasteiger partial charge on any atom is -0.327 e. The molecule has 1 rings (SSSR count). The van der Waals surface area contributed by atoms with Crippen molar-refractivity contribution in [3.63, 3.8) is 0 Å². The second kappa shape index (κ2) is 6.35. The highest BCUT2D eigenvalue weighted by Crippen LogP contribution is 2.21. The van der Waals surface area contributed by atoms with Crippen molar-refractivity contribution in [2.75, 3.05) is 0 Å². The maximum atomic E-state index is 11.9. The van der Waals surface area contributed by atoms with Crippen molar-refractivity contribution < 1.29 is 4.79 Å². The minimum absolute atomic E-state index is 0.0586. The standard InChI is InChI=1S/C15H22ClNO/c1-15(2,3)10-13(17)9-14(18)8-11-5-4-6-12(16)7-11/h4-7,13H,8-10,17H2,1-3H3. The first-order valence-electron chi connectivity index (χ1n) is 6.28.